The molecule has 180 valence electrons. The molecule has 3 aromatic carbocycles. The van der Waals surface area contributed by atoms with Gasteiger partial charge in [-0.3, -0.25) is 9.59 Å². The number of tetrazole rings is 1. The number of nitrogens with zero attached hydrogens (tertiary/aromatic N) is 3. The molecule has 1 amide bonds. The number of carbonyl (C=O) groups is 1. The lowest BCUT2D eigenvalue weighted by Crippen LogP contribution is -2.12. The smallest absolute Gasteiger partial charge is 0.255 e. The third-order valence-corrected chi connectivity index (χ3v) is 5.86. The van der Waals surface area contributed by atoms with E-state index in [1.165, 1.54) is 11.6 Å². The molecule has 5 rings (SSSR count). The number of amides is 1. The van der Waals surface area contributed by atoms with Crippen LogP contribution in [0.3, 0.4) is 0 Å². The number of fused-ring (bicyclic) bond motifs is 1. The number of nitrogens with one attached hydrogen (secondary N) is 2. The Morgan fingerprint density at radius 3 is 2.61 bits per heavy atom. The molecule has 0 aliphatic carbocycles. The summed E-state index contributed by atoms with van der Waals surface area (Å²) in [5, 5.41) is 16.6. The molecule has 2 N–H and O–H groups in total. The number of H-pyrrole nitrogens is 1. The van der Waals surface area contributed by atoms with Gasteiger partial charge < -0.3 is 14.5 Å². The van der Waals surface area contributed by atoms with E-state index in [0.717, 1.165) is 6.42 Å². The number of ether oxygens (including phenoxy) is 1. The zero-order valence-corrected chi connectivity index (χ0v) is 19.5. The molecule has 2 heterocycles. The first-order valence-electron chi connectivity index (χ1n) is 11.5. The maximum Gasteiger partial charge on any atom is 0.255 e. The molecule has 2 aromatic heterocycles. The molecule has 0 aliphatic rings. The van der Waals surface area contributed by atoms with E-state index in [-0.39, 0.29) is 22.9 Å². The van der Waals surface area contributed by atoms with E-state index in [2.05, 4.69) is 45.0 Å². The Labute approximate surface area is 206 Å². The van der Waals surface area contributed by atoms with Crippen LogP contribution in [0.25, 0.3) is 22.6 Å². The maximum atomic E-state index is 12.7. The predicted octanol–water partition coefficient (Wildman–Crippen LogP) is 4.80. The lowest BCUT2D eigenvalue weighted by atomic mass is 9.98. The van der Waals surface area contributed by atoms with Crippen molar-refractivity contribution in [3.63, 3.8) is 0 Å². The summed E-state index contributed by atoms with van der Waals surface area (Å²) < 4.78 is 11.6. The van der Waals surface area contributed by atoms with E-state index in [4.69, 9.17) is 9.15 Å². The highest BCUT2D eigenvalue weighted by Crippen LogP contribution is 2.23. The number of anilines is 1. The Hall–Kier alpha value is -4.79. The monoisotopic (exact) mass is 481 g/mol. The van der Waals surface area contributed by atoms with Crippen molar-refractivity contribution < 1.29 is 13.9 Å². The van der Waals surface area contributed by atoms with Crippen molar-refractivity contribution >= 4 is 22.6 Å². The number of hydrogen-bond donors (Lipinski definition) is 2. The van der Waals surface area contributed by atoms with Gasteiger partial charge in [-0.1, -0.05) is 37.3 Å². The zero-order valence-electron chi connectivity index (χ0n) is 19.5. The van der Waals surface area contributed by atoms with Gasteiger partial charge in [-0.25, -0.2) is 0 Å². The zero-order chi connectivity index (χ0) is 24.9. The molecule has 0 aliphatic heterocycles. The van der Waals surface area contributed by atoms with Crippen molar-refractivity contribution in [1.29, 1.82) is 0 Å². The summed E-state index contributed by atoms with van der Waals surface area (Å²) in [7, 11) is 0. The Morgan fingerprint density at radius 2 is 1.86 bits per heavy atom. The highest BCUT2D eigenvalue weighted by atomic mass is 16.5. The average molecular weight is 482 g/mol. The number of aromatic amines is 1. The fourth-order valence-electron chi connectivity index (χ4n) is 3.82. The molecule has 0 radical (unpaired) electrons. The van der Waals surface area contributed by atoms with Crippen molar-refractivity contribution in [3.05, 3.63) is 100 Å². The lowest BCUT2D eigenvalue weighted by molar-refractivity contribution is 0.102. The lowest BCUT2D eigenvalue weighted by Gasteiger charge is -2.13. The molecule has 9 heteroatoms. The normalized spacial score (nSPS) is 11.8. The molecular weight excluding hydrogens is 458 g/mol. The number of carbonyl (C=O) groups excluding carboxylic acids is 1. The molecule has 5 aromatic rings. The molecule has 36 heavy (non-hydrogen) atoms. The van der Waals surface area contributed by atoms with E-state index < -0.39 is 0 Å². The molecule has 0 spiro atoms. The summed E-state index contributed by atoms with van der Waals surface area (Å²) >= 11 is 0. The first-order valence-corrected chi connectivity index (χ1v) is 11.5. The van der Waals surface area contributed by atoms with Crippen molar-refractivity contribution in [2.75, 3.05) is 11.9 Å². The quantitative estimate of drug-likeness (QED) is 0.326. The van der Waals surface area contributed by atoms with Gasteiger partial charge in [-0.15, -0.1) is 10.2 Å². The summed E-state index contributed by atoms with van der Waals surface area (Å²) in [6.45, 7) is 2.76. The van der Waals surface area contributed by atoms with Crippen LogP contribution >= 0.6 is 0 Å². The largest absolute Gasteiger partial charge is 0.494 e. The molecule has 9 nitrogen and oxygen atoms in total. The van der Waals surface area contributed by atoms with E-state index in [1.807, 2.05) is 18.2 Å². The fraction of sp³-hybridized carbons (Fsp3) is 0.148. The van der Waals surface area contributed by atoms with Gasteiger partial charge in [0.25, 0.3) is 5.91 Å². The summed E-state index contributed by atoms with van der Waals surface area (Å²) in [5.74, 6) is 1.18. The number of benzene rings is 3. The molecule has 0 saturated carbocycles. The van der Waals surface area contributed by atoms with Crippen molar-refractivity contribution in [1.82, 2.24) is 20.6 Å². The standard InChI is InChI=1S/C27H23N5O4/c1-17(18-5-3-2-4-6-18)13-14-35-21-10-7-19(8-11-21)27(34)28-20-9-12-24-22(15-20)23(33)16-25(36-24)26-29-31-32-30-26/h2-12,15-17H,13-14H2,1H3,(H,28,34)(H,29,30,31,32). The first kappa shape index (κ1) is 23.0. The third-order valence-electron chi connectivity index (χ3n) is 5.86. The van der Waals surface area contributed by atoms with Crippen LogP contribution in [-0.4, -0.2) is 33.1 Å². The molecule has 1 atom stereocenters. The highest BCUT2D eigenvalue weighted by Gasteiger charge is 2.13. The van der Waals surface area contributed by atoms with Gasteiger partial charge in [-0.05, 0) is 65.6 Å². The van der Waals surface area contributed by atoms with Crippen LogP contribution in [0.5, 0.6) is 5.75 Å². The first-order chi connectivity index (χ1) is 17.6. The molecule has 0 saturated heterocycles. The van der Waals surface area contributed by atoms with E-state index >= 15 is 0 Å². The maximum absolute atomic E-state index is 12.7. The van der Waals surface area contributed by atoms with Gasteiger partial charge in [0.05, 0.1) is 12.0 Å². The summed E-state index contributed by atoms with van der Waals surface area (Å²) in [6.07, 6.45) is 0.888. The van der Waals surface area contributed by atoms with Crippen LogP contribution in [0.2, 0.25) is 0 Å². The van der Waals surface area contributed by atoms with Crippen molar-refractivity contribution in [2.24, 2.45) is 0 Å². The molecular formula is C27H23N5O4. The SMILES string of the molecule is CC(CCOc1ccc(C(=O)Nc2ccc3oc(-c4nn[nH]n4)cc(=O)c3c2)cc1)c1ccccc1. The molecule has 1 unspecified atom stereocenters. The number of rotatable bonds is 8. The highest BCUT2D eigenvalue weighted by molar-refractivity contribution is 6.05. The number of aromatic nitrogens is 4. The van der Waals surface area contributed by atoms with Crippen LogP contribution in [-0.2, 0) is 0 Å². The van der Waals surface area contributed by atoms with Crippen LogP contribution in [0.1, 0.15) is 35.2 Å². The van der Waals surface area contributed by atoms with E-state index in [0.29, 0.717) is 40.5 Å². The minimum absolute atomic E-state index is 0.185. The van der Waals surface area contributed by atoms with E-state index in [9.17, 15) is 9.59 Å². The second-order valence-corrected chi connectivity index (χ2v) is 8.35. The van der Waals surface area contributed by atoms with Crippen molar-refractivity contribution in [3.8, 4) is 17.3 Å². The fourth-order valence-corrected chi connectivity index (χ4v) is 3.82. The average Bonchev–Trinajstić information content (AvgIpc) is 3.45. The van der Waals surface area contributed by atoms with Crippen LogP contribution in [0.15, 0.2) is 88.1 Å². The molecule has 0 fully saturated rings. The predicted molar refractivity (Wildman–Crippen MR) is 135 cm³/mol. The number of hydrogen-bond acceptors (Lipinski definition) is 7. The Balaban J connectivity index is 1.21. The Bertz CT molecular complexity index is 1530. The second kappa shape index (κ2) is 10.2. The van der Waals surface area contributed by atoms with Crippen LogP contribution in [0, 0.1) is 0 Å². The van der Waals surface area contributed by atoms with Crippen molar-refractivity contribution in [2.45, 2.75) is 19.3 Å². The van der Waals surface area contributed by atoms with Crippen LogP contribution < -0.4 is 15.5 Å². The minimum atomic E-state index is -0.300. The summed E-state index contributed by atoms with van der Waals surface area (Å²) in [5.41, 5.74) is 2.30. The second-order valence-electron chi connectivity index (χ2n) is 8.35. The van der Waals surface area contributed by atoms with Gasteiger partial charge in [0, 0.05) is 17.3 Å². The van der Waals surface area contributed by atoms with Gasteiger partial charge in [0.2, 0.25) is 5.82 Å². The minimum Gasteiger partial charge on any atom is -0.494 e. The Kier molecular flexibility index (Phi) is 6.53. The summed E-state index contributed by atoms with van der Waals surface area (Å²) in [4.78, 5) is 25.3. The third kappa shape index (κ3) is 5.15. The van der Waals surface area contributed by atoms with Gasteiger partial charge in [0.15, 0.2) is 11.2 Å². The van der Waals surface area contributed by atoms with Gasteiger partial charge in [0.1, 0.15) is 11.3 Å². The van der Waals surface area contributed by atoms with E-state index in [1.54, 1.807) is 42.5 Å². The van der Waals surface area contributed by atoms with Gasteiger partial charge in [-0.2, -0.15) is 5.21 Å². The Morgan fingerprint density at radius 1 is 1.06 bits per heavy atom. The van der Waals surface area contributed by atoms with Crippen LogP contribution in [0.4, 0.5) is 5.69 Å². The van der Waals surface area contributed by atoms with Gasteiger partial charge >= 0.3 is 0 Å². The summed E-state index contributed by atoms with van der Waals surface area (Å²) in [6, 6.07) is 23.4. The molecule has 0 bridgehead atoms. The topological polar surface area (TPSA) is 123 Å².